The van der Waals surface area contributed by atoms with Gasteiger partial charge in [0.05, 0.1) is 4.88 Å². The van der Waals surface area contributed by atoms with Crippen molar-refractivity contribution < 1.29 is 5.11 Å². The molecule has 1 atom stereocenters. The first kappa shape index (κ1) is 12.2. The van der Waals surface area contributed by atoms with E-state index in [2.05, 4.69) is 22.0 Å². The lowest BCUT2D eigenvalue weighted by atomic mass is 10.2. The number of aliphatic hydroxyl groups excluding tert-OH is 1. The van der Waals surface area contributed by atoms with Gasteiger partial charge in [-0.05, 0) is 51.2 Å². The summed E-state index contributed by atoms with van der Waals surface area (Å²) in [6.07, 6.45) is 0.688. The molecule has 0 saturated heterocycles. The zero-order valence-electron chi connectivity index (χ0n) is 8.98. The lowest BCUT2D eigenvalue weighted by molar-refractivity contribution is 0.227. The second-order valence-corrected chi connectivity index (χ2v) is 8.01. The van der Waals surface area contributed by atoms with Crippen LogP contribution in [0.1, 0.15) is 26.3 Å². The van der Waals surface area contributed by atoms with Crippen molar-refractivity contribution in [3.05, 3.63) is 42.2 Å². The summed E-state index contributed by atoms with van der Waals surface area (Å²) in [5.41, 5.74) is 1.42. The molecule has 0 aliphatic carbocycles. The number of aryl methyl sites for hydroxylation is 1. The Morgan fingerprint density at radius 1 is 1.41 bits per heavy atom. The van der Waals surface area contributed by atoms with Crippen molar-refractivity contribution in [3.8, 4) is 0 Å². The van der Waals surface area contributed by atoms with Gasteiger partial charge in [0, 0.05) is 20.0 Å². The number of aliphatic hydroxyl groups is 1. The summed E-state index contributed by atoms with van der Waals surface area (Å²) in [5.74, 6) is 2.32. The fourth-order valence-electron chi connectivity index (χ4n) is 1.93. The summed E-state index contributed by atoms with van der Waals surface area (Å²) >= 11 is 8.84. The van der Waals surface area contributed by atoms with Crippen molar-refractivity contribution in [2.24, 2.45) is 0 Å². The molecule has 90 valence electrons. The summed E-state index contributed by atoms with van der Waals surface area (Å²) in [4.78, 5) is 3.56. The molecule has 1 aliphatic rings. The largest absolute Gasteiger partial charge is 0.382 e. The summed E-state index contributed by atoms with van der Waals surface area (Å²) in [5, 5.41) is 12.4. The van der Waals surface area contributed by atoms with Gasteiger partial charge >= 0.3 is 0 Å². The molecule has 0 spiro atoms. The smallest absolute Gasteiger partial charge is 0.123 e. The van der Waals surface area contributed by atoms with E-state index in [0.717, 1.165) is 26.4 Å². The number of thiophene rings is 2. The summed E-state index contributed by atoms with van der Waals surface area (Å²) in [6, 6.07) is 4.18. The molecule has 0 bridgehead atoms. The first-order valence-corrected chi connectivity index (χ1v) is 9.00. The van der Waals surface area contributed by atoms with Crippen LogP contribution >= 0.6 is 50.4 Å². The Kier molecular flexibility index (Phi) is 3.64. The highest BCUT2D eigenvalue weighted by Crippen LogP contribution is 2.39. The Labute approximate surface area is 121 Å². The second kappa shape index (κ2) is 5.05. The molecule has 2 aromatic rings. The number of thioether (sulfide) groups is 1. The zero-order valence-corrected chi connectivity index (χ0v) is 13.0. The number of hydrogen-bond donors (Lipinski definition) is 1. The monoisotopic (exact) mass is 346 g/mol. The highest BCUT2D eigenvalue weighted by Gasteiger charge is 2.21. The lowest BCUT2D eigenvalue weighted by Crippen LogP contribution is -1.96. The van der Waals surface area contributed by atoms with Crippen molar-refractivity contribution in [3.63, 3.8) is 0 Å². The van der Waals surface area contributed by atoms with Crippen molar-refractivity contribution >= 4 is 50.4 Å². The molecule has 1 unspecified atom stereocenters. The molecular weight excluding hydrogens is 336 g/mol. The number of fused-ring (bicyclic) bond motifs is 1. The molecule has 1 N–H and O–H groups in total. The van der Waals surface area contributed by atoms with Crippen LogP contribution in [0.2, 0.25) is 0 Å². The van der Waals surface area contributed by atoms with Gasteiger partial charge in [-0.2, -0.15) is 11.8 Å². The minimum Gasteiger partial charge on any atom is -0.382 e. The van der Waals surface area contributed by atoms with Crippen LogP contribution in [0.5, 0.6) is 0 Å². The molecular formula is C12H11BrOS3. The van der Waals surface area contributed by atoms with Crippen LogP contribution < -0.4 is 0 Å². The molecule has 0 aromatic carbocycles. The van der Waals surface area contributed by atoms with Crippen LogP contribution in [0, 0.1) is 0 Å². The van der Waals surface area contributed by atoms with E-state index in [1.807, 2.05) is 23.2 Å². The van der Waals surface area contributed by atoms with Gasteiger partial charge in [0.1, 0.15) is 6.10 Å². The van der Waals surface area contributed by atoms with Crippen molar-refractivity contribution in [1.29, 1.82) is 0 Å². The molecule has 3 rings (SSSR count). The third kappa shape index (κ3) is 2.36. The molecule has 2 aromatic heterocycles. The number of hydrogen-bond acceptors (Lipinski definition) is 4. The summed E-state index contributed by atoms with van der Waals surface area (Å²) < 4.78 is 1.01. The summed E-state index contributed by atoms with van der Waals surface area (Å²) in [6.45, 7) is 0. The molecule has 1 aliphatic heterocycles. The van der Waals surface area contributed by atoms with Crippen LogP contribution in [0.25, 0.3) is 0 Å². The van der Waals surface area contributed by atoms with E-state index < -0.39 is 6.10 Å². The first-order chi connectivity index (χ1) is 8.25. The van der Waals surface area contributed by atoms with Gasteiger partial charge in [0.25, 0.3) is 0 Å². The van der Waals surface area contributed by atoms with Gasteiger partial charge in [-0.1, -0.05) is 0 Å². The van der Waals surface area contributed by atoms with Crippen molar-refractivity contribution in [1.82, 2.24) is 0 Å². The zero-order chi connectivity index (χ0) is 11.8. The Morgan fingerprint density at radius 3 is 3.00 bits per heavy atom. The number of rotatable bonds is 2. The van der Waals surface area contributed by atoms with Crippen LogP contribution in [0.4, 0.5) is 0 Å². The molecule has 0 radical (unpaired) electrons. The van der Waals surface area contributed by atoms with E-state index >= 15 is 0 Å². The van der Waals surface area contributed by atoms with Crippen LogP contribution in [0.3, 0.4) is 0 Å². The molecule has 0 saturated carbocycles. The standard InChI is InChI=1S/C12H11BrOS3/c13-8-1-4-16-12(8)11(14)10-5-7-6-15-3-2-9(7)17-10/h1,4-5,11,14H,2-3,6H2. The Bertz CT molecular complexity index is 508. The highest BCUT2D eigenvalue weighted by atomic mass is 79.9. The fraction of sp³-hybridized carbons (Fsp3) is 0.333. The quantitative estimate of drug-likeness (QED) is 0.867. The maximum atomic E-state index is 10.4. The first-order valence-electron chi connectivity index (χ1n) is 5.36. The van der Waals surface area contributed by atoms with Crippen LogP contribution in [-0.4, -0.2) is 10.9 Å². The van der Waals surface area contributed by atoms with E-state index in [9.17, 15) is 5.11 Å². The lowest BCUT2D eigenvalue weighted by Gasteiger charge is -2.08. The van der Waals surface area contributed by atoms with E-state index in [1.165, 1.54) is 16.2 Å². The maximum Gasteiger partial charge on any atom is 0.123 e. The van der Waals surface area contributed by atoms with Crippen molar-refractivity contribution in [2.75, 3.05) is 5.75 Å². The third-order valence-electron chi connectivity index (χ3n) is 2.81. The average Bonchev–Trinajstić information content (AvgIpc) is 2.93. The SMILES string of the molecule is OC(c1cc2c(s1)CCSC2)c1sccc1Br. The predicted octanol–water partition coefficient (Wildman–Crippen LogP) is 4.44. The van der Waals surface area contributed by atoms with Gasteiger partial charge in [-0.3, -0.25) is 0 Å². The second-order valence-electron chi connectivity index (χ2n) is 3.94. The Morgan fingerprint density at radius 2 is 2.29 bits per heavy atom. The normalized spacial score (nSPS) is 16.8. The molecule has 0 amide bonds. The van der Waals surface area contributed by atoms with Gasteiger partial charge in [0.15, 0.2) is 0 Å². The topological polar surface area (TPSA) is 20.2 Å². The minimum absolute atomic E-state index is 0.468. The van der Waals surface area contributed by atoms with E-state index in [-0.39, 0.29) is 0 Å². The average molecular weight is 347 g/mol. The maximum absolute atomic E-state index is 10.4. The summed E-state index contributed by atoms with van der Waals surface area (Å²) in [7, 11) is 0. The fourth-order valence-corrected chi connectivity index (χ4v) is 5.97. The Balaban J connectivity index is 1.94. The van der Waals surface area contributed by atoms with E-state index in [1.54, 1.807) is 22.7 Å². The molecule has 17 heavy (non-hydrogen) atoms. The Hall–Kier alpha value is 0.190. The third-order valence-corrected chi connectivity index (χ3v) is 7.03. The van der Waals surface area contributed by atoms with Crippen molar-refractivity contribution in [2.45, 2.75) is 18.3 Å². The van der Waals surface area contributed by atoms with Gasteiger partial charge in [-0.15, -0.1) is 22.7 Å². The predicted molar refractivity (Wildman–Crippen MR) is 80.3 cm³/mol. The van der Waals surface area contributed by atoms with Crippen LogP contribution in [0.15, 0.2) is 22.0 Å². The van der Waals surface area contributed by atoms with E-state index in [0.29, 0.717) is 0 Å². The highest BCUT2D eigenvalue weighted by molar-refractivity contribution is 9.10. The number of halogens is 1. The molecule has 1 nitrogen and oxygen atoms in total. The van der Waals surface area contributed by atoms with E-state index in [4.69, 9.17) is 0 Å². The molecule has 0 fully saturated rings. The molecule has 5 heteroatoms. The molecule has 3 heterocycles. The van der Waals surface area contributed by atoms with Gasteiger partial charge in [0.2, 0.25) is 0 Å². The van der Waals surface area contributed by atoms with Gasteiger partial charge in [-0.25, -0.2) is 0 Å². The van der Waals surface area contributed by atoms with Crippen LogP contribution in [-0.2, 0) is 12.2 Å². The minimum atomic E-state index is -0.468. The van der Waals surface area contributed by atoms with Gasteiger partial charge < -0.3 is 5.11 Å².